The minimum absolute atomic E-state index is 0.323. The molecule has 0 fully saturated rings. The standard InChI is InChI=1S/C14H12F4N2/c15-12-8-10(6-7-11(12)14(16,17)18)13(20-19)9-4-2-1-3-5-9/h1-8,13,20H,19H2. The quantitative estimate of drug-likeness (QED) is 0.515. The van der Waals surface area contributed by atoms with Gasteiger partial charge < -0.3 is 0 Å². The number of rotatable bonds is 3. The highest BCUT2D eigenvalue weighted by Crippen LogP contribution is 2.33. The van der Waals surface area contributed by atoms with Crippen LogP contribution in [0.5, 0.6) is 0 Å². The molecule has 2 aromatic carbocycles. The number of hydrogen-bond acceptors (Lipinski definition) is 2. The first-order valence-electron chi connectivity index (χ1n) is 5.81. The molecule has 0 aromatic heterocycles. The first kappa shape index (κ1) is 14.5. The maximum atomic E-state index is 13.6. The molecule has 2 aromatic rings. The second-order valence-corrected chi connectivity index (χ2v) is 4.25. The molecule has 2 rings (SSSR count). The Morgan fingerprint density at radius 1 is 0.950 bits per heavy atom. The van der Waals surface area contributed by atoms with Gasteiger partial charge >= 0.3 is 6.18 Å². The zero-order chi connectivity index (χ0) is 14.8. The van der Waals surface area contributed by atoms with Crippen molar-refractivity contribution in [3.8, 4) is 0 Å². The fourth-order valence-corrected chi connectivity index (χ4v) is 1.97. The van der Waals surface area contributed by atoms with Crippen LogP contribution in [0.4, 0.5) is 17.6 Å². The minimum atomic E-state index is -4.71. The van der Waals surface area contributed by atoms with E-state index in [1.54, 1.807) is 30.3 Å². The molecular formula is C14H12F4N2. The lowest BCUT2D eigenvalue weighted by molar-refractivity contribution is -0.140. The second kappa shape index (κ2) is 5.60. The molecule has 0 aliphatic rings. The highest BCUT2D eigenvalue weighted by atomic mass is 19.4. The van der Waals surface area contributed by atoms with E-state index in [0.29, 0.717) is 5.56 Å². The third kappa shape index (κ3) is 2.97. The molecule has 0 radical (unpaired) electrons. The van der Waals surface area contributed by atoms with Crippen molar-refractivity contribution in [1.29, 1.82) is 0 Å². The largest absolute Gasteiger partial charge is 0.419 e. The van der Waals surface area contributed by atoms with Crippen LogP contribution in [-0.2, 0) is 6.18 Å². The van der Waals surface area contributed by atoms with Crippen LogP contribution in [-0.4, -0.2) is 0 Å². The Labute approximate surface area is 113 Å². The summed E-state index contributed by atoms with van der Waals surface area (Å²) in [5.41, 5.74) is 2.24. The Morgan fingerprint density at radius 3 is 2.10 bits per heavy atom. The maximum absolute atomic E-state index is 13.6. The van der Waals surface area contributed by atoms with Crippen molar-refractivity contribution in [2.75, 3.05) is 0 Å². The number of alkyl halides is 3. The first-order chi connectivity index (χ1) is 9.43. The van der Waals surface area contributed by atoms with Crippen LogP contribution in [0.1, 0.15) is 22.7 Å². The molecule has 0 aliphatic heterocycles. The van der Waals surface area contributed by atoms with Gasteiger partial charge in [-0.15, -0.1) is 0 Å². The molecule has 0 spiro atoms. The van der Waals surface area contributed by atoms with Gasteiger partial charge in [-0.3, -0.25) is 5.84 Å². The summed E-state index contributed by atoms with van der Waals surface area (Å²) in [4.78, 5) is 0. The summed E-state index contributed by atoms with van der Waals surface area (Å²) in [5.74, 6) is 4.10. The van der Waals surface area contributed by atoms with Crippen molar-refractivity contribution < 1.29 is 17.6 Å². The van der Waals surface area contributed by atoms with E-state index < -0.39 is 23.6 Å². The Balaban J connectivity index is 2.40. The van der Waals surface area contributed by atoms with Crippen molar-refractivity contribution in [3.05, 3.63) is 71.0 Å². The summed E-state index contributed by atoms with van der Waals surface area (Å²) < 4.78 is 51.1. The highest BCUT2D eigenvalue weighted by molar-refractivity contribution is 5.35. The summed E-state index contributed by atoms with van der Waals surface area (Å²) >= 11 is 0. The molecular weight excluding hydrogens is 272 g/mol. The Bertz CT molecular complexity index is 581. The maximum Gasteiger partial charge on any atom is 0.419 e. The molecule has 0 saturated heterocycles. The lowest BCUT2D eigenvalue weighted by Gasteiger charge is -2.18. The van der Waals surface area contributed by atoms with Gasteiger partial charge in [0.05, 0.1) is 11.6 Å². The lowest BCUT2D eigenvalue weighted by atomic mass is 9.98. The van der Waals surface area contributed by atoms with Crippen molar-refractivity contribution in [3.63, 3.8) is 0 Å². The van der Waals surface area contributed by atoms with Gasteiger partial charge in [0.25, 0.3) is 0 Å². The number of nitrogens with two attached hydrogens (primary N) is 1. The predicted molar refractivity (Wildman–Crippen MR) is 67.0 cm³/mol. The highest BCUT2D eigenvalue weighted by Gasteiger charge is 2.34. The predicted octanol–water partition coefficient (Wildman–Crippen LogP) is 3.40. The zero-order valence-corrected chi connectivity index (χ0v) is 10.3. The fraction of sp³-hybridized carbons (Fsp3) is 0.143. The number of nitrogens with one attached hydrogen (secondary N) is 1. The van der Waals surface area contributed by atoms with E-state index in [1.165, 1.54) is 6.07 Å². The molecule has 6 heteroatoms. The second-order valence-electron chi connectivity index (χ2n) is 4.25. The van der Waals surface area contributed by atoms with Crippen LogP contribution in [0.25, 0.3) is 0 Å². The minimum Gasteiger partial charge on any atom is -0.271 e. The van der Waals surface area contributed by atoms with Crippen LogP contribution < -0.4 is 11.3 Å². The van der Waals surface area contributed by atoms with Crippen LogP contribution in [0.3, 0.4) is 0 Å². The summed E-state index contributed by atoms with van der Waals surface area (Å²) in [6, 6.07) is 11.0. The number of hydrazine groups is 1. The fourth-order valence-electron chi connectivity index (χ4n) is 1.97. The first-order valence-corrected chi connectivity index (χ1v) is 5.81. The molecule has 106 valence electrons. The van der Waals surface area contributed by atoms with Gasteiger partial charge in [-0.2, -0.15) is 13.2 Å². The average molecular weight is 284 g/mol. The van der Waals surface area contributed by atoms with Gasteiger partial charge in [0.1, 0.15) is 5.82 Å². The van der Waals surface area contributed by atoms with Crippen molar-refractivity contribution in [2.24, 2.45) is 5.84 Å². The van der Waals surface area contributed by atoms with Crippen LogP contribution in [0.2, 0.25) is 0 Å². The summed E-state index contributed by atoms with van der Waals surface area (Å²) in [6.07, 6.45) is -4.71. The van der Waals surface area contributed by atoms with E-state index in [-0.39, 0.29) is 0 Å². The van der Waals surface area contributed by atoms with Gasteiger partial charge in [0, 0.05) is 0 Å². The summed E-state index contributed by atoms with van der Waals surface area (Å²) in [7, 11) is 0. The molecule has 20 heavy (non-hydrogen) atoms. The van der Waals surface area contributed by atoms with Gasteiger partial charge in [0.15, 0.2) is 0 Å². The third-order valence-electron chi connectivity index (χ3n) is 2.93. The van der Waals surface area contributed by atoms with Crippen molar-refractivity contribution in [2.45, 2.75) is 12.2 Å². The zero-order valence-electron chi connectivity index (χ0n) is 10.3. The number of hydrogen-bond donors (Lipinski definition) is 2. The molecule has 1 atom stereocenters. The summed E-state index contributed by atoms with van der Waals surface area (Å²) in [6.45, 7) is 0. The molecule has 1 unspecified atom stereocenters. The van der Waals surface area contributed by atoms with E-state index >= 15 is 0 Å². The van der Waals surface area contributed by atoms with E-state index in [0.717, 1.165) is 17.7 Å². The number of halogens is 4. The smallest absolute Gasteiger partial charge is 0.271 e. The molecule has 0 saturated carbocycles. The topological polar surface area (TPSA) is 38.0 Å². The van der Waals surface area contributed by atoms with E-state index in [2.05, 4.69) is 5.43 Å². The van der Waals surface area contributed by atoms with Crippen LogP contribution >= 0.6 is 0 Å². The van der Waals surface area contributed by atoms with Crippen LogP contribution in [0.15, 0.2) is 48.5 Å². The monoisotopic (exact) mass is 284 g/mol. The van der Waals surface area contributed by atoms with E-state index in [4.69, 9.17) is 5.84 Å². The van der Waals surface area contributed by atoms with Gasteiger partial charge in [-0.05, 0) is 23.3 Å². The molecule has 0 aliphatic carbocycles. The van der Waals surface area contributed by atoms with E-state index in [9.17, 15) is 17.6 Å². The van der Waals surface area contributed by atoms with Crippen molar-refractivity contribution in [1.82, 2.24) is 5.43 Å². The van der Waals surface area contributed by atoms with E-state index in [1.807, 2.05) is 0 Å². The molecule has 0 bridgehead atoms. The third-order valence-corrected chi connectivity index (χ3v) is 2.93. The Hall–Kier alpha value is -1.92. The lowest BCUT2D eigenvalue weighted by Crippen LogP contribution is -2.29. The molecule has 2 nitrogen and oxygen atoms in total. The van der Waals surface area contributed by atoms with Gasteiger partial charge in [-0.25, -0.2) is 9.82 Å². The SMILES string of the molecule is NNC(c1ccccc1)c1ccc(C(F)(F)F)c(F)c1. The molecule has 3 N–H and O–H groups in total. The van der Waals surface area contributed by atoms with Gasteiger partial charge in [-0.1, -0.05) is 36.4 Å². The normalized spacial score (nSPS) is 13.2. The van der Waals surface area contributed by atoms with Gasteiger partial charge in [0.2, 0.25) is 0 Å². The summed E-state index contributed by atoms with van der Waals surface area (Å²) in [5, 5.41) is 0. The Morgan fingerprint density at radius 2 is 1.60 bits per heavy atom. The number of benzene rings is 2. The van der Waals surface area contributed by atoms with Crippen LogP contribution in [0, 0.1) is 5.82 Å². The molecule has 0 amide bonds. The Kier molecular flexibility index (Phi) is 4.06. The van der Waals surface area contributed by atoms with Crippen molar-refractivity contribution >= 4 is 0 Å². The average Bonchev–Trinajstić information content (AvgIpc) is 2.39. The molecule has 0 heterocycles.